The van der Waals surface area contributed by atoms with Crippen LogP contribution in [0.1, 0.15) is 52.5 Å². The Kier molecular flexibility index (Phi) is 4.71. The number of fused-ring (bicyclic) bond motifs is 5. The molecule has 1 aliphatic heterocycles. The molecule has 0 saturated heterocycles. The Morgan fingerprint density at radius 2 is 2.20 bits per heavy atom. The van der Waals surface area contributed by atoms with Crippen LogP contribution in [0.25, 0.3) is 5.00 Å². The number of carbonyl (C=O) groups excluding carboxylic acids is 1. The van der Waals surface area contributed by atoms with E-state index >= 15 is 0 Å². The van der Waals surface area contributed by atoms with Gasteiger partial charge in [0.05, 0.1) is 28.8 Å². The summed E-state index contributed by atoms with van der Waals surface area (Å²) >= 11 is 7.92. The Hall–Kier alpha value is -2.58. The molecule has 1 aliphatic carbocycles. The number of rotatable bonds is 3. The van der Waals surface area contributed by atoms with E-state index in [-0.39, 0.29) is 24.0 Å². The van der Waals surface area contributed by atoms with Gasteiger partial charge in [-0.25, -0.2) is 4.39 Å². The van der Waals surface area contributed by atoms with Crippen LogP contribution >= 0.6 is 22.9 Å². The first-order chi connectivity index (χ1) is 14.5. The maximum absolute atomic E-state index is 14.9. The lowest BCUT2D eigenvalue weighted by Gasteiger charge is -2.12. The molecule has 3 heterocycles. The zero-order valence-corrected chi connectivity index (χ0v) is 18.0. The maximum Gasteiger partial charge on any atom is 0.314 e. The van der Waals surface area contributed by atoms with Crippen molar-refractivity contribution >= 4 is 34.6 Å². The van der Waals surface area contributed by atoms with Crippen molar-refractivity contribution in [2.24, 2.45) is 4.99 Å². The van der Waals surface area contributed by atoms with Crippen molar-refractivity contribution in [2.75, 3.05) is 6.61 Å². The SMILES string of the molecule is CCOC(=O)C1CCc2c1sc1c2C(c2c(F)cccc2Cl)=NCc2nnc(C)n2-1. The summed E-state index contributed by atoms with van der Waals surface area (Å²) in [6, 6.07) is 4.62. The number of halogens is 2. The predicted octanol–water partition coefficient (Wildman–Crippen LogP) is 4.37. The molecule has 2 aliphatic rings. The average molecular weight is 445 g/mol. The largest absolute Gasteiger partial charge is 0.465 e. The van der Waals surface area contributed by atoms with E-state index in [1.807, 2.05) is 11.5 Å². The van der Waals surface area contributed by atoms with Gasteiger partial charge in [-0.1, -0.05) is 17.7 Å². The van der Waals surface area contributed by atoms with E-state index in [1.165, 1.54) is 17.4 Å². The molecule has 6 nitrogen and oxygen atoms in total. The van der Waals surface area contributed by atoms with Gasteiger partial charge < -0.3 is 4.74 Å². The van der Waals surface area contributed by atoms with E-state index in [2.05, 4.69) is 10.2 Å². The molecule has 0 N–H and O–H groups in total. The van der Waals surface area contributed by atoms with E-state index in [0.29, 0.717) is 36.0 Å². The van der Waals surface area contributed by atoms with Crippen molar-refractivity contribution in [3.05, 3.63) is 62.3 Å². The van der Waals surface area contributed by atoms with Crippen molar-refractivity contribution in [1.29, 1.82) is 0 Å². The van der Waals surface area contributed by atoms with Crippen LogP contribution in [0.2, 0.25) is 5.02 Å². The highest BCUT2D eigenvalue weighted by molar-refractivity contribution is 7.15. The second-order valence-corrected chi connectivity index (χ2v) is 8.67. The number of thiophene rings is 1. The Morgan fingerprint density at radius 3 is 2.97 bits per heavy atom. The Labute approximate surface area is 181 Å². The van der Waals surface area contributed by atoms with Gasteiger partial charge in [-0.15, -0.1) is 21.5 Å². The van der Waals surface area contributed by atoms with Gasteiger partial charge in [-0.05, 0) is 44.4 Å². The molecule has 0 amide bonds. The fraction of sp³-hybridized carbons (Fsp3) is 0.333. The first-order valence-corrected chi connectivity index (χ1v) is 10.9. The summed E-state index contributed by atoms with van der Waals surface area (Å²) in [5, 5.41) is 9.59. The third-order valence-corrected chi connectivity index (χ3v) is 7.15. The first-order valence-electron chi connectivity index (χ1n) is 9.73. The molecule has 1 aromatic carbocycles. The number of aliphatic imine (C=N–C) groups is 1. The van der Waals surface area contributed by atoms with Crippen LogP contribution in [-0.2, 0) is 22.5 Å². The number of aromatic nitrogens is 3. The molecular formula is C21H18ClFN4O2S. The minimum absolute atomic E-state index is 0.226. The molecule has 0 spiro atoms. The number of esters is 1. The molecule has 0 bridgehead atoms. The second-order valence-electron chi connectivity index (χ2n) is 7.23. The van der Waals surface area contributed by atoms with Crippen LogP contribution in [0, 0.1) is 12.7 Å². The van der Waals surface area contributed by atoms with Crippen molar-refractivity contribution in [1.82, 2.24) is 14.8 Å². The lowest BCUT2D eigenvalue weighted by atomic mass is 9.98. The van der Waals surface area contributed by atoms with Crippen LogP contribution in [-0.4, -0.2) is 33.1 Å². The van der Waals surface area contributed by atoms with Gasteiger partial charge >= 0.3 is 5.97 Å². The molecule has 0 radical (unpaired) electrons. The van der Waals surface area contributed by atoms with E-state index in [9.17, 15) is 9.18 Å². The standard InChI is InChI=1S/C21H18ClFN4O2S/c1-3-29-21(28)12-8-7-11-16-18(17-13(22)5-4-6-14(17)23)24-9-15-26-25-10(2)27(15)20(16)30-19(11)12/h4-6,12H,3,7-9H2,1-2H3. The van der Waals surface area contributed by atoms with Gasteiger partial charge in [0.25, 0.3) is 0 Å². The minimum atomic E-state index is -0.429. The summed E-state index contributed by atoms with van der Waals surface area (Å²) in [5.74, 6) is 0.408. The van der Waals surface area contributed by atoms with Gasteiger partial charge in [0, 0.05) is 10.4 Å². The van der Waals surface area contributed by atoms with Crippen LogP contribution in [0.4, 0.5) is 4.39 Å². The number of carbonyl (C=O) groups is 1. The van der Waals surface area contributed by atoms with Gasteiger partial charge in [-0.2, -0.15) is 0 Å². The molecule has 0 fully saturated rings. The molecular weight excluding hydrogens is 427 g/mol. The molecule has 0 saturated carbocycles. The van der Waals surface area contributed by atoms with E-state index < -0.39 is 5.82 Å². The van der Waals surface area contributed by atoms with Crippen molar-refractivity contribution < 1.29 is 13.9 Å². The summed E-state index contributed by atoms with van der Waals surface area (Å²) in [4.78, 5) is 18.2. The maximum atomic E-state index is 14.9. The average Bonchev–Trinajstić information content (AvgIpc) is 3.35. The minimum Gasteiger partial charge on any atom is -0.465 e. The number of ether oxygens (including phenoxy) is 1. The number of hydrogen-bond acceptors (Lipinski definition) is 6. The molecule has 30 heavy (non-hydrogen) atoms. The Bertz CT molecular complexity index is 1200. The van der Waals surface area contributed by atoms with E-state index in [0.717, 1.165) is 26.8 Å². The van der Waals surface area contributed by atoms with Gasteiger partial charge in [0.15, 0.2) is 5.82 Å². The van der Waals surface area contributed by atoms with Gasteiger partial charge in [0.1, 0.15) is 23.2 Å². The zero-order chi connectivity index (χ0) is 21.0. The molecule has 2 aromatic heterocycles. The highest BCUT2D eigenvalue weighted by Crippen LogP contribution is 2.47. The van der Waals surface area contributed by atoms with Crippen LogP contribution < -0.4 is 0 Å². The van der Waals surface area contributed by atoms with Crippen LogP contribution in [0.5, 0.6) is 0 Å². The first kappa shape index (κ1) is 19.4. The van der Waals surface area contributed by atoms with Gasteiger partial charge in [-0.3, -0.25) is 14.4 Å². The highest BCUT2D eigenvalue weighted by atomic mass is 35.5. The second kappa shape index (κ2) is 7.28. The normalized spacial score (nSPS) is 17.1. The van der Waals surface area contributed by atoms with Gasteiger partial charge in [0.2, 0.25) is 0 Å². The van der Waals surface area contributed by atoms with Crippen LogP contribution in [0.15, 0.2) is 23.2 Å². The number of benzene rings is 1. The Balaban J connectivity index is 1.77. The Morgan fingerprint density at radius 1 is 1.37 bits per heavy atom. The predicted molar refractivity (Wildman–Crippen MR) is 112 cm³/mol. The summed E-state index contributed by atoms with van der Waals surface area (Å²) in [6.07, 6.45) is 1.35. The van der Waals surface area contributed by atoms with Crippen molar-refractivity contribution in [3.8, 4) is 5.00 Å². The fourth-order valence-corrected chi connectivity index (χ4v) is 6.01. The lowest BCUT2D eigenvalue weighted by Crippen LogP contribution is -2.12. The summed E-state index contributed by atoms with van der Waals surface area (Å²) in [5.41, 5.74) is 2.60. The van der Waals surface area contributed by atoms with E-state index in [1.54, 1.807) is 19.1 Å². The third kappa shape index (κ3) is 2.81. The topological polar surface area (TPSA) is 69.4 Å². The molecule has 154 valence electrons. The lowest BCUT2D eigenvalue weighted by molar-refractivity contribution is -0.144. The number of hydrogen-bond donors (Lipinski definition) is 0. The number of nitrogens with zero attached hydrogens (tertiary/aromatic N) is 4. The number of aryl methyl sites for hydroxylation is 1. The molecule has 3 aromatic rings. The monoisotopic (exact) mass is 444 g/mol. The molecule has 1 unspecified atom stereocenters. The summed E-state index contributed by atoms with van der Waals surface area (Å²) < 4.78 is 22.1. The highest BCUT2D eigenvalue weighted by Gasteiger charge is 2.39. The summed E-state index contributed by atoms with van der Waals surface area (Å²) in [7, 11) is 0. The van der Waals surface area contributed by atoms with Crippen molar-refractivity contribution in [3.63, 3.8) is 0 Å². The molecule has 1 atom stereocenters. The zero-order valence-electron chi connectivity index (χ0n) is 16.4. The van der Waals surface area contributed by atoms with E-state index in [4.69, 9.17) is 21.3 Å². The van der Waals surface area contributed by atoms with Crippen LogP contribution in [0.3, 0.4) is 0 Å². The smallest absolute Gasteiger partial charge is 0.314 e. The fourth-order valence-electron chi connectivity index (χ4n) is 4.22. The third-order valence-electron chi connectivity index (χ3n) is 5.50. The summed E-state index contributed by atoms with van der Waals surface area (Å²) in [6.45, 7) is 4.27. The molecule has 9 heteroatoms. The quantitative estimate of drug-likeness (QED) is 0.562. The molecule has 5 rings (SSSR count). The van der Waals surface area contributed by atoms with Crippen molar-refractivity contribution in [2.45, 2.75) is 39.2 Å².